The number of nitrogens with zero attached hydrogens (tertiary/aromatic N) is 1. The Morgan fingerprint density at radius 3 is 2.38 bits per heavy atom. The van der Waals surface area contributed by atoms with E-state index < -0.39 is 5.97 Å². The van der Waals surface area contributed by atoms with Crippen LogP contribution in [0, 0.1) is 11.8 Å². The number of anilines is 2. The van der Waals surface area contributed by atoms with Gasteiger partial charge in [0, 0.05) is 19.5 Å². The first kappa shape index (κ1) is 15.8. The van der Waals surface area contributed by atoms with E-state index in [0.717, 1.165) is 18.1 Å². The maximum atomic E-state index is 12.1. The number of Topliss-reactive ketones (excluding diaryl/α,β-unsaturated/α-hetero) is 1. The molecule has 1 aliphatic rings. The molecule has 0 saturated carbocycles. The van der Waals surface area contributed by atoms with Crippen molar-refractivity contribution in [3.63, 3.8) is 0 Å². The fraction of sp³-hybridized carbons (Fsp3) is 0.600. The van der Waals surface area contributed by atoms with E-state index in [1.165, 1.54) is 18.4 Å². The number of esters is 1. The van der Waals surface area contributed by atoms with Crippen LogP contribution in [0.1, 0.15) is 47.2 Å². The van der Waals surface area contributed by atoms with Gasteiger partial charge in [0.2, 0.25) is 0 Å². The van der Waals surface area contributed by atoms with Gasteiger partial charge in [-0.25, -0.2) is 4.79 Å². The lowest BCUT2D eigenvalue weighted by atomic mass is 10.0. The third-order valence-corrected chi connectivity index (χ3v) is 5.47. The molecule has 1 aliphatic heterocycles. The van der Waals surface area contributed by atoms with E-state index in [1.54, 1.807) is 6.92 Å². The average Bonchev–Trinajstić information content (AvgIpc) is 2.98. The van der Waals surface area contributed by atoms with Crippen LogP contribution in [-0.4, -0.2) is 32.0 Å². The van der Waals surface area contributed by atoms with Gasteiger partial charge >= 0.3 is 5.97 Å². The maximum Gasteiger partial charge on any atom is 0.343 e. The zero-order valence-electron chi connectivity index (χ0n) is 12.9. The molecule has 0 amide bonds. The molecular weight excluding hydrogens is 288 g/mol. The summed E-state index contributed by atoms with van der Waals surface area (Å²) >= 11 is 1.31. The van der Waals surface area contributed by atoms with E-state index in [-0.39, 0.29) is 11.5 Å². The third-order valence-electron chi connectivity index (χ3n) is 4.17. The van der Waals surface area contributed by atoms with Crippen molar-refractivity contribution in [2.45, 2.75) is 27.2 Å². The largest absolute Gasteiger partial charge is 0.465 e. The summed E-state index contributed by atoms with van der Waals surface area (Å²) in [6, 6.07) is 0. The number of nitrogen functional groups attached to an aromatic ring is 1. The molecule has 5 nitrogen and oxygen atoms in total. The normalized spacial score (nSPS) is 21.6. The number of thiophene rings is 1. The standard InChI is InChI=1S/C15H22N2O3S/c1-5-10(18)13-12(16)11(15(19)20-4)14(21-13)17-6-8(2)9(3)7-17/h8-9H,5-7,16H2,1-4H3. The fourth-order valence-electron chi connectivity index (χ4n) is 2.62. The number of hydrogen-bond acceptors (Lipinski definition) is 6. The van der Waals surface area contributed by atoms with Crippen LogP contribution in [-0.2, 0) is 4.74 Å². The van der Waals surface area contributed by atoms with Crippen LogP contribution in [0.3, 0.4) is 0 Å². The molecule has 0 spiro atoms. The van der Waals surface area contributed by atoms with Crippen LogP contribution in [0.15, 0.2) is 0 Å². The summed E-state index contributed by atoms with van der Waals surface area (Å²) < 4.78 is 4.85. The Labute approximate surface area is 129 Å². The van der Waals surface area contributed by atoms with Crippen molar-refractivity contribution in [3.05, 3.63) is 10.4 Å². The molecule has 2 atom stereocenters. The Morgan fingerprint density at radius 2 is 1.90 bits per heavy atom. The van der Waals surface area contributed by atoms with Crippen molar-refractivity contribution in [1.82, 2.24) is 0 Å². The molecule has 116 valence electrons. The molecular formula is C15H22N2O3S. The number of methoxy groups -OCH3 is 1. The van der Waals surface area contributed by atoms with E-state index in [1.807, 2.05) is 0 Å². The Kier molecular flexibility index (Phi) is 4.56. The van der Waals surface area contributed by atoms with Gasteiger partial charge in [0.1, 0.15) is 10.6 Å². The fourth-order valence-corrected chi connectivity index (χ4v) is 3.85. The number of hydrogen-bond donors (Lipinski definition) is 1. The van der Waals surface area contributed by atoms with Gasteiger partial charge in [-0.3, -0.25) is 4.79 Å². The van der Waals surface area contributed by atoms with Gasteiger partial charge in [-0.2, -0.15) is 0 Å². The summed E-state index contributed by atoms with van der Waals surface area (Å²) in [4.78, 5) is 26.7. The van der Waals surface area contributed by atoms with Crippen LogP contribution in [0.5, 0.6) is 0 Å². The highest BCUT2D eigenvalue weighted by Gasteiger charge is 2.33. The van der Waals surface area contributed by atoms with Gasteiger partial charge in [-0.05, 0) is 11.8 Å². The van der Waals surface area contributed by atoms with Crippen molar-refractivity contribution in [2.75, 3.05) is 30.8 Å². The van der Waals surface area contributed by atoms with E-state index in [0.29, 0.717) is 28.7 Å². The molecule has 1 fully saturated rings. The highest BCUT2D eigenvalue weighted by atomic mass is 32.1. The zero-order chi connectivity index (χ0) is 15.7. The highest BCUT2D eigenvalue weighted by molar-refractivity contribution is 7.19. The molecule has 6 heteroatoms. The molecule has 0 radical (unpaired) electrons. The molecule has 0 bridgehead atoms. The van der Waals surface area contributed by atoms with Crippen LogP contribution >= 0.6 is 11.3 Å². The number of nitrogens with two attached hydrogens (primary N) is 1. The number of rotatable bonds is 4. The minimum Gasteiger partial charge on any atom is -0.465 e. The van der Waals surface area contributed by atoms with E-state index in [9.17, 15) is 9.59 Å². The van der Waals surface area contributed by atoms with Crippen LogP contribution in [0.25, 0.3) is 0 Å². The van der Waals surface area contributed by atoms with Crippen molar-refractivity contribution >= 4 is 33.8 Å². The molecule has 0 aliphatic carbocycles. The first-order valence-corrected chi connectivity index (χ1v) is 8.01. The average molecular weight is 310 g/mol. The quantitative estimate of drug-likeness (QED) is 0.684. The number of ketones is 1. The second-order valence-electron chi connectivity index (χ2n) is 5.65. The van der Waals surface area contributed by atoms with Gasteiger partial charge in [0.05, 0.1) is 17.7 Å². The molecule has 1 aromatic heterocycles. The summed E-state index contributed by atoms with van der Waals surface area (Å²) in [6.45, 7) is 7.91. The van der Waals surface area contributed by atoms with Gasteiger partial charge in [-0.15, -0.1) is 11.3 Å². The zero-order valence-corrected chi connectivity index (χ0v) is 13.8. The van der Waals surface area contributed by atoms with Crippen molar-refractivity contribution < 1.29 is 14.3 Å². The van der Waals surface area contributed by atoms with E-state index in [2.05, 4.69) is 18.7 Å². The molecule has 1 aromatic rings. The molecule has 2 rings (SSSR count). The molecule has 21 heavy (non-hydrogen) atoms. The second-order valence-corrected chi connectivity index (χ2v) is 6.65. The number of carbonyl (C=O) groups is 2. The van der Waals surface area contributed by atoms with Gasteiger partial charge in [0.25, 0.3) is 0 Å². The van der Waals surface area contributed by atoms with Crippen molar-refractivity contribution in [3.8, 4) is 0 Å². The summed E-state index contributed by atoms with van der Waals surface area (Å²) in [6.07, 6.45) is 0.373. The maximum absolute atomic E-state index is 12.1. The first-order chi connectivity index (χ1) is 9.90. The van der Waals surface area contributed by atoms with Gasteiger partial charge in [-0.1, -0.05) is 20.8 Å². The lowest BCUT2D eigenvalue weighted by Gasteiger charge is -2.17. The minimum atomic E-state index is -0.471. The van der Waals surface area contributed by atoms with Crippen LogP contribution < -0.4 is 10.6 Å². The van der Waals surface area contributed by atoms with Crippen molar-refractivity contribution in [2.24, 2.45) is 11.8 Å². The Bertz CT molecular complexity index is 558. The van der Waals surface area contributed by atoms with E-state index in [4.69, 9.17) is 10.5 Å². The lowest BCUT2D eigenvalue weighted by Crippen LogP contribution is -2.21. The Balaban J connectivity index is 2.49. The number of ether oxygens (including phenoxy) is 1. The predicted octanol–water partition coefficient (Wildman–Crippen LogP) is 2.80. The van der Waals surface area contributed by atoms with Crippen molar-refractivity contribution in [1.29, 1.82) is 0 Å². The third kappa shape index (κ3) is 2.77. The molecule has 0 aromatic carbocycles. The highest BCUT2D eigenvalue weighted by Crippen LogP contribution is 2.42. The molecule has 2 N–H and O–H groups in total. The molecule has 2 heterocycles. The molecule has 2 unspecified atom stereocenters. The first-order valence-electron chi connectivity index (χ1n) is 7.19. The summed E-state index contributed by atoms with van der Waals surface area (Å²) in [5.41, 5.74) is 6.67. The second kappa shape index (κ2) is 6.05. The summed E-state index contributed by atoms with van der Waals surface area (Å²) in [5, 5.41) is 0.771. The predicted molar refractivity (Wildman–Crippen MR) is 85.2 cm³/mol. The summed E-state index contributed by atoms with van der Waals surface area (Å²) in [7, 11) is 1.33. The van der Waals surface area contributed by atoms with Gasteiger partial charge in [0.15, 0.2) is 5.78 Å². The monoisotopic (exact) mass is 310 g/mol. The van der Waals surface area contributed by atoms with Gasteiger partial charge < -0.3 is 15.4 Å². The summed E-state index contributed by atoms with van der Waals surface area (Å²) in [5.74, 6) is 0.587. The van der Waals surface area contributed by atoms with Crippen LogP contribution in [0.2, 0.25) is 0 Å². The van der Waals surface area contributed by atoms with E-state index >= 15 is 0 Å². The molecule has 1 saturated heterocycles. The topological polar surface area (TPSA) is 72.6 Å². The number of carbonyl (C=O) groups excluding carboxylic acids is 2. The van der Waals surface area contributed by atoms with Crippen LogP contribution in [0.4, 0.5) is 10.7 Å². The Hall–Kier alpha value is -1.56. The smallest absolute Gasteiger partial charge is 0.343 e. The Morgan fingerprint density at radius 1 is 1.33 bits per heavy atom. The minimum absolute atomic E-state index is 0.0332. The SMILES string of the molecule is CCC(=O)c1sc(N2CC(C)C(C)C2)c(C(=O)OC)c1N. The lowest BCUT2D eigenvalue weighted by molar-refractivity contribution is 0.0603.